The molecule has 0 saturated heterocycles. The van der Waals surface area contributed by atoms with Crippen LogP contribution in [0.15, 0.2) is 36.4 Å². The third-order valence-corrected chi connectivity index (χ3v) is 3.85. The van der Waals surface area contributed by atoms with Crippen LogP contribution in [0.1, 0.15) is 5.56 Å². The molecule has 0 atom stereocenters. The Balaban J connectivity index is 2.31. The lowest BCUT2D eigenvalue weighted by molar-refractivity contribution is 0.416. The molecule has 0 bridgehead atoms. The van der Waals surface area contributed by atoms with E-state index in [1.54, 1.807) is 13.2 Å². The fourth-order valence-corrected chi connectivity index (χ4v) is 2.71. The highest BCUT2D eigenvalue weighted by atomic mass is 35.5. The van der Waals surface area contributed by atoms with Crippen molar-refractivity contribution >= 4 is 22.6 Å². The predicted octanol–water partition coefficient (Wildman–Crippen LogP) is 3.36. The molecule has 0 unspecified atom stereocenters. The number of aryl methyl sites for hydroxylation is 1. The summed E-state index contributed by atoms with van der Waals surface area (Å²) in [7, 11) is 3.62. The number of methoxy groups -OCH3 is 1. The maximum atomic E-state index is 6.12. The Bertz CT molecular complexity index is 811. The van der Waals surface area contributed by atoms with E-state index < -0.39 is 0 Å². The molecule has 0 radical (unpaired) electrons. The maximum absolute atomic E-state index is 6.12. The van der Waals surface area contributed by atoms with Gasteiger partial charge >= 0.3 is 0 Å². The van der Waals surface area contributed by atoms with Crippen LogP contribution < -0.4 is 10.5 Å². The van der Waals surface area contributed by atoms with Crippen molar-refractivity contribution in [3.05, 3.63) is 47.0 Å². The van der Waals surface area contributed by atoms with Gasteiger partial charge in [0.2, 0.25) is 0 Å². The van der Waals surface area contributed by atoms with E-state index in [1.165, 1.54) is 0 Å². The van der Waals surface area contributed by atoms with Gasteiger partial charge in [-0.15, -0.1) is 0 Å². The summed E-state index contributed by atoms with van der Waals surface area (Å²) in [4.78, 5) is 4.75. The Labute approximate surface area is 128 Å². The van der Waals surface area contributed by atoms with Crippen molar-refractivity contribution in [3.8, 4) is 17.1 Å². The number of para-hydroxylation sites is 1. The molecule has 1 heterocycles. The maximum Gasteiger partial charge on any atom is 0.144 e. The van der Waals surface area contributed by atoms with Crippen LogP contribution in [0, 0.1) is 0 Å². The molecular weight excluding hydrogens is 286 g/mol. The largest absolute Gasteiger partial charge is 0.496 e. The van der Waals surface area contributed by atoms with E-state index in [1.807, 2.05) is 41.9 Å². The lowest BCUT2D eigenvalue weighted by Gasteiger charge is -2.08. The molecule has 3 aromatic rings. The summed E-state index contributed by atoms with van der Waals surface area (Å²) in [6, 6.07) is 11.5. The van der Waals surface area contributed by atoms with Gasteiger partial charge in [-0.05, 0) is 29.8 Å². The standard InChI is InChI=1S/C16H16ClN3O/c1-20-13-5-3-4-10(9-18)15(13)19-16(20)12-8-11(17)6-7-14(12)21-2/h3-8H,9,18H2,1-2H3. The molecule has 2 aromatic carbocycles. The number of nitrogens with zero attached hydrogens (tertiary/aromatic N) is 2. The van der Waals surface area contributed by atoms with E-state index in [9.17, 15) is 0 Å². The van der Waals surface area contributed by atoms with Crippen LogP contribution in [0.25, 0.3) is 22.4 Å². The first-order valence-corrected chi connectivity index (χ1v) is 7.01. The predicted molar refractivity (Wildman–Crippen MR) is 85.6 cm³/mol. The topological polar surface area (TPSA) is 53.1 Å². The lowest BCUT2D eigenvalue weighted by Crippen LogP contribution is -1.97. The number of halogens is 1. The summed E-state index contributed by atoms with van der Waals surface area (Å²) in [6.07, 6.45) is 0. The minimum absolute atomic E-state index is 0.459. The van der Waals surface area contributed by atoms with Crippen LogP contribution in [-0.4, -0.2) is 16.7 Å². The SMILES string of the molecule is COc1ccc(Cl)cc1-c1nc2c(CN)cccc2n1C. The highest BCUT2D eigenvalue weighted by molar-refractivity contribution is 6.31. The number of fused-ring (bicyclic) bond motifs is 1. The van der Waals surface area contributed by atoms with Crippen LogP contribution >= 0.6 is 11.6 Å². The third-order valence-electron chi connectivity index (χ3n) is 3.62. The first-order valence-electron chi connectivity index (χ1n) is 6.64. The molecular formula is C16H16ClN3O. The van der Waals surface area contributed by atoms with Gasteiger partial charge in [-0.25, -0.2) is 4.98 Å². The van der Waals surface area contributed by atoms with Gasteiger partial charge in [-0.3, -0.25) is 0 Å². The fraction of sp³-hybridized carbons (Fsp3) is 0.188. The Morgan fingerprint density at radius 3 is 2.81 bits per heavy atom. The number of nitrogens with two attached hydrogens (primary N) is 1. The molecule has 1 aromatic heterocycles. The zero-order valence-electron chi connectivity index (χ0n) is 11.9. The molecule has 0 saturated carbocycles. The molecule has 0 aliphatic rings. The number of rotatable bonds is 3. The van der Waals surface area contributed by atoms with Crippen LogP contribution in [0.4, 0.5) is 0 Å². The van der Waals surface area contributed by atoms with Crippen LogP contribution in [0.5, 0.6) is 5.75 Å². The zero-order chi connectivity index (χ0) is 15.0. The van der Waals surface area contributed by atoms with Crippen molar-refractivity contribution in [2.24, 2.45) is 12.8 Å². The van der Waals surface area contributed by atoms with Gasteiger partial charge in [0, 0.05) is 18.6 Å². The van der Waals surface area contributed by atoms with Gasteiger partial charge < -0.3 is 15.0 Å². The molecule has 0 aliphatic heterocycles. The normalized spacial score (nSPS) is 11.0. The summed E-state index contributed by atoms with van der Waals surface area (Å²) >= 11 is 6.12. The summed E-state index contributed by atoms with van der Waals surface area (Å²) < 4.78 is 7.46. The summed E-state index contributed by atoms with van der Waals surface area (Å²) in [5.74, 6) is 1.55. The Kier molecular flexibility index (Phi) is 3.57. The van der Waals surface area contributed by atoms with Gasteiger partial charge in [0.1, 0.15) is 11.6 Å². The number of benzene rings is 2. The smallest absolute Gasteiger partial charge is 0.144 e. The molecule has 0 aliphatic carbocycles. The van der Waals surface area contributed by atoms with Crippen molar-refractivity contribution in [2.45, 2.75) is 6.54 Å². The first-order chi connectivity index (χ1) is 10.2. The zero-order valence-corrected chi connectivity index (χ0v) is 12.7. The average Bonchev–Trinajstić information content (AvgIpc) is 2.84. The molecule has 5 heteroatoms. The Morgan fingerprint density at radius 2 is 2.10 bits per heavy atom. The van der Waals surface area contributed by atoms with Gasteiger partial charge in [-0.1, -0.05) is 23.7 Å². The van der Waals surface area contributed by atoms with Crippen LogP contribution in [0.3, 0.4) is 0 Å². The number of imidazole rings is 1. The highest BCUT2D eigenvalue weighted by Gasteiger charge is 2.16. The van der Waals surface area contributed by atoms with E-state index >= 15 is 0 Å². The number of ether oxygens (including phenoxy) is 1. The second-order valence-electron chi connectivity index (χ2n) is 4.83. The molecule has 4 nitrogen and oxygen atoms in total. The second-order valence-corrected chi connectivity index (χ2v) is 5.26. The van der Waals surface area contributed by atoms with Crippen molar-refractivity contribution in [1.82, 2.24) is 9.55 Å². The second kappa shape index (κ2) is 5.39. The van der Waals surface area contributed by atoms with Crippen molar-refractivity contribution in [3.63, 3.8) is 0 Å². The van der Waals surface area contributed by atoms with Gasteiger partial charge in [0.25, 0.3) is 0 Å². The number of hydrogen-bond acceptors (Lipinski definition) is 3. The molecule has 0 spiro atoms. The number of aromatic nitrogens is 2. The van der Waals surface area contributed by atoms with Gasteiger partial charge in [0.15, 0.2) is 0 Å². The Hall–Kier alpha value is -2.04. The van der Waals surface area contributed by atoms with Crippen LogP contribution in [0.2, 0.25) is 5.02 Å². The van der Waals surface area contributed by atoms with Crippen molar-refractivity contribution < 1.29 is 4.74 Å². The van der Waals surface area contributed by atoms with E-state index in [2.05, 4.69) is 0 Å². The molecule has 21 heavy (non-hydrogen) atoms. The minimum atomic E-state index is 0.459. The summed E-state index contributed by atoms with van der Waals surface area (Å²) in [5.41, 5.74) is 9.64. The molecule has 0 amide bonds. The van der Waals surface area contributed by atoms with Gasteiger partial charge in [0.05, 0.1) is 23.7 Å². The molecule has 3 rings (SSSR count). The quantitative estimate of drug-likeness (QED) is 0.807. The van der Waals surface area contributed by atoms with Crippen molar-refractivity contribution in [2.75, 3.05) is 7.11 Å². The monoisotopic (exact) mass is 301 g/mol. The summed E-state index contributed by atoms with van der Waals surface area (Å²) in [5, 5.41) is 0.650. The van der Waals surface area contributed by atoms with E-state index in [0.29, 0.717) is 11.6 Å². The highest BCUT2D eigenvalue weighted by Crippen LogP contribution is 2.34. The third kappa shape index (κ3) is 2.26. The van der Waals surface area contributed by atoms with E-state index in [4.69, 9.17) is 27.1 Å². The molecule has 2 N–H and O–H groups in total. The fourth-order valence-electron chi connectivity index (χ4n) is 2.53. The minimum Gasteiger partial charge on any atom is -0.496 e. The Morgan fingerprint density at radius 1 is 1.29 bits per heavy atom. The number of hydrogen-bond donors (Lipinski definition) is 1. The van der Waals surface area contributed by atoms with Gasteiger partial charge in [-0.2, -0.15) is 0 Å². The van der Waals surface area contributed by atoms with E-state index in [-0.39, 0.29) is 0 Å². The average molecular weight is 302 g/mol. The van der Waals surface area contributed by atoms with Crippen LogP contribution in [-0.2, 0) is 13.6 Å². The summed E-state index contributed by atoms with van der Waals surface area (Å²) in [6.45, 7) is 0.459. The lowest BCUT2D eigenvalue weighted by atomic mass is 10.2. The molecule has 0 fully saturated rings. The van der Waals surface area contributed by atoms with Crippen molar-refractivity contribution in [1.29, 1.82) is 0 Å². The first kappa shape index (κ1) is 13.9. The van der Waals surface area contributed by atoms with E-state index in [0.717, 1.165) is 33.7 Å². The molecule has 108 valence electrons.